The first-order valence-electron chi connectivity index (χ1n) is 11.3. The molecule has 3 aromatic rings. The molecule has 1 N–H and O–H groups in total. The maximum absolute atomic E-state index is 13.8. The molecular formula is C26H29N3O3. The highest BCUT2D eigenvalue weighted by atomic mass is 16.5. The number of amides is 2. The van der Waals surface area contributed by atoms with E-state index in [9.17, 15) is 9.59 Å². The van der Waals surface area contributed by atoms with E-state index < -0.39 is 5.54 Å². The Morgan fingerprint density at radius 1 is 1.12 bits per heavy atom. The zero-order valence-electron chi connectivity index (χ0n) is 18.6. The van der Waals surface area contributed by atoms with E-state index in [1.165, 1.54) is 0 Å². The van der Waals surface area contributed by atoms with Crippen LogP contribution in [0.25, 0.3) is 10.9 Å². The zero-order chi connectivity index (χ0) is 22.3. The maximum Gasteiger partial charge on any atom is 0.271 e. The number of ether oxygens (including phenoxy) is 1. The van der Waals surface area contributed by atoms with Crippen LogP contribution in [0.3, 0.4) is 0 Å². The topological polar surface area (TPSA) is 63.6 Å². The molecule has 2 amide bonds. The van der Waals surface area contributed by atoms with Crippen molar-refractivity contribution in [3.05, 3.63) is 65.9 Å². The van der Waals surface area contributed by atoms with Crippen LogP contribution in [-0.4, -0.2) is 40.0 Å². The highest BCUT2D eigenvalue weighted by Crippen LogP contribution is 2.35. The smallest absolute Gasteiger partial charge is 0.271 e. The number of fused-ring (bicyclic) bond motifs is 3. The van der Waals surface area contributed by atoms with Crippen LogP contribution in [0.2, 0.25) is 0 Å². The second kappa shape index (κ2) is 8.01. The predicted octanol–water partition coefficient (Wildman–Crippen LogP) is 4.12. The Morgan fingerprint density at radius 2 is 1.88 bits per heavy atom. The third-order valence-electron chi connectivity index (χ3n) is 7.00. The summed E-state index contributed by atoms with van der Waals surface area (Å²) in [7, 11) is 1.63. The van der Waals surface area contributed by atoms with Crippen LogP contribution in [0.15, 0.2) is 54.6 Å². The van der Waals surface area contributed by atoms with Crippen LogP contribution in [0.4, 0.5) is 0 Å². The SMILES string of the molecule is COc1ccc2cc3n(c2c1)CC(C)(C(=O)NC1CCCC1)N(Cc1ccccc1)C3=O. The van der Waals surface area contributed by atoms with E-state index in [1.807, 2.05) is 66.1 Å². The Labute approximate surface area is 188 Å². The van der Waals surface area contributed by atoms with Crippen molar-refractivity contribution in [3.63, 3.8) is 0 Å². The fourth-order valence-corrected chi connectivity index (χ4v) is 5.08. The molecule has 2 aliphatic rings. The summed E-state index contributed by atoms with van der Waals surface area (Å²) in [4.78, 5) is 29.2. The maximum atomic E-state index is 13.8. The average molecular weight is 432 g/mol. The summed E-state index contributed by atoms with van der Waals surface area (Å²) in [6.07, 6.45) is 4.29. The van der Waals surface area contributed by atoms with Crippen molar-refractivity contribution >= 4 is 22.7 Å². The molecule has 1 saturated carbocycles. The minimum absolute atomic E-state index is 0.0796. The van der Waals surface area contributed by atoms with Gasteiger partial charge in [-0.1, -0.05) is 43.2 Å². The highest BCUT2D eigenvalue weighted by molar-refractivity contribution is 6.03. The van der Waals surface area contributed by atoms with E-state index in [2.05, 4.69) is 5.32 Å². The molecule has 6 nitrogen and oxygen atoms in total. The number of hydrogen-bond donors (Lipinski definition) is 1. The number of benzene rings is 2. The summed E-state index contributed by atoms with van der Waals surface area (Å²) in [5, 5.41) is 4.22. The molecule has 1 atom stereocenters. The summed E-state index contributed by atoms with van der Waals surface area (Å²) in [5.74, 6) is 0.526. The summed E-state index contributed by atoms with van der Waals surface area (Å²) in [6, 6.07) is 17.8. The van der Waals surface area contributed by atoms with Crippen molar-refractivity contribution in [1.82, 2.24) is 14.8 Å². The van der Waals surface area contributed by atoms with Crippen LogP contribution in [0.5, 0.6) is 5.75 Å². The molecule has 2 heterocycles. The van der Waals surface area contributed by atoms with Crippen LogP contribution >= 0.6 is 0 Å². The van der Waals surface area contributed by atoms with Gasteiger partial charge in [-0.3, -0.25) is 9.59 Å². The van der Waals surface area contributed by atoms with Crippen molar-refractivity contribution in [1.29, 1.82) is 0 Å². The molecule has 1 aliphatic carbocycles. The summed E-state index contributed by atoms with van der Waals surface area (Å²) in [5.41, 5.74) is 1.52. The number of carbonyl (C=O) groups is 2. The summed E-state index contributed by atoms with van der Waals surface area (Å²) in [6.45, 7) is 2.68. The number of nitrogens with zero attached hydrogens (tertiary/aromatic N) is 2. The van der Waals surface area contributed by atoms with Crippen LogP contribution in [0.1, 0.15) is 48.7 Å². The zero-order valence-corrected chi connectivity index (χ0v) is 18.6. The molecule has 166 valence electrons. The molecule has 1 fully saturated rings. The fraction of sp³-hybridized carbons (Fsp3) is 0.385. The molecule has 1 aliphatic heterocycles. The van der Waals surface area contributed by atoms with Crippen molar-refractivity contribution in [2.75, 3.05) is 7.11 Å². The molecule has 1 unspecified atom stereocenters. The lowest BCUT2D eigenvalue weighted by Crippen LogP contribution is -2.64. The van der Waals surface area contributed by atoms with Crippen molar-refractivity contribution in [2.24, 2.45) is 0 Å². The van der Waals surface area contributed by atoms with Gasteiger partial charge in [-0.2, -0.15) is 0 Å². The monoisotopic (exact) mass is 431 g/mol. The van der Waals surface area contributed by atoms with Gasteiger partial charge >= 0.3 is 0 Å². The minimum atomic E-state index is -1.00. The van der Waals surface area contributed by atoms with E-state index in [-0.39, 0.29) is 17.9 Å². The number of rotatable bonds is 5. The Balaban J connectivity index is 1.58. The molecule has 6 heteroatoms. The van der Waals surface area contributed by atoms with Gasteiger partial charge in [0.15, 0.2) is 0 Å². The Kier molecular flexibility index (Phi) is 5.16. The quantitative estimate of drug-likeness (QED) is 0.661. The Morgan fingerprint density at radius 3 is 2.59 bits per heavy atom. The van der Waals surface area contributed by atoms with Gasteiger partial charge in [0, 0.05) is 24.0 Å². The van der Waals surface area contributed by atoms with Crippen molar-refractivity contribution in [2.45, 2.75) is 57.3 Å². The number of hydrogen-bond acceptors (Lipinski definition) is 3. The number of methoxy groups -OCH3 is 1. The van der Waals surface area contributed by atoms with Crippen LogP contribution < -0.4 is 10.1 Å². The minimum Gasteiger partial charge on any atom is -0.497 e. The molecule has 5 rings (SSSR count). The molecular weight excluding hydrogens is 402 g/mol. The van der Waals surface area contributed by atoms with Crippen LogP contribution in [-0.2, 0) is 17.9 Å². The van der Waals surface area contributed by atoms with Crippen LogP contribution in [0, 0.1) is 0 Å². The summed E-state index contributed by atoms with van der Waals surface area (Å²) < 4.78 is 7.39. The number of nitrogens with one attached hydrogen (secondary N) is 1. The number of carbonyl (C=O) groups excluding carboxylic acids is 2. The molecule has 0 saturated heterocycles. The lowest BCUT2D eigenvalue weighted by molar-refractivity contribution is -0.133. The highest BCUT2D eigenvalue weighted by Gasteiger charge is 2.48. The van der Waals surface area contributed by atoms with E-state index >= 15 is 0 Å². The van der Waals surface area contributed by atoms with Gasteiger partial charge in [0.05, 0.1) is 19.2 Å². The lowest BCUT2D eigenvalue weighted by atomic mass is 9.93. The second-order valence-corrected chi connectivity index (χ2v) is 9.15. The predicted molar refractivity (Wildman–Crippen MR) is 124 cm³/mol. The standard InChI is InChI=1S/C26H29N3O3/c1-26(25(31)27-20-10-6-7-11-20)17-28-22-15-21(32-2)13-12-19(22)14-23(28)24(30)29(26)16-18-8-4-3-5-9-18/h3-5,8-9,12-15,20H,6-7,10-11,16-17H2,1-2H3,(H,27,31). The molecule has 0 spiro atoms. The molecule has 1 aromatic heterocycles. The van der Waals surface area contributed by atoms with Gasteiger partial charge in [-0.05, 0) is 43.5 Å². The average Bonchev–Trinajstić information content (AvgIpc) is 3.45. The molecule has 32 heavy (non-hydrogen) atoms. The van der Waals surface area contributed by atoms with E-state index in [4.69, 9.17) is 4.74 Å². The lowest BCUT2D eigenvalue weighted by Gasteiger charge is -2.44. The third kappa shape index (κ3) is 3.44. The third-order valence-corrected chi connectivity index (χ3v) is 7.00. The Hall–Kier alpha value is -3.28. The van der Waals surface area contributed by atoms with Gasteiger partial charge in [-0.25, -0.2) is 0 Å². The Bertz CT molecular complexity index is 1160. The fourth-order valence-electron chi connectivity index (χ4n) is 5.08. The second-order valence-electron chi connectivity index (χ2n) is 9.15. The van der Waals surface area contributed by atoms with Crippen molar-refractivity contribution in [3.8, 4) is 5.75 Å². The molecule has 2 aromatic carbocycles. The summed E-state index contributed by atoms with van der Waals surface area (Å²) >= 11 is 0. The van der Waals surface area contributed by atoms with E-state index in [0.29, 0.717) is 18.8 Å². The first-order valence-corrected chi connectivity index (χ1v) is 11.3. The molecule has 0 radical (unpaired) electrons. The van der Waals surface area contributed by atoms with Gasteiger partial charge in [-0.15, -0.1) is 0 Å². The first kappa shape index (κ1) is 20.6. The van der Waals surface area contributed by atoms with E-state index in [0.717, 1.165) is 47.9 Å². The van der Waals surface area contributed by atoms with E-state index in [1.54, 1.807) is 12.0 Å². The van der Waals surface area contributed by atoms with Gasteiger partial charge < -0.3 is 19.5 Å². The molecule has 0 bridgehead atoms. The number of aromatic nitrogens is 1. The van der Waals surface area contributed by atoms with Crippen molar-refractivity contribution < 1.29 is 14.3 Å². The van der Waals surface area contributed by atoms with Gasteiger partial charge in [0.1, 0.15) is 17.0 Å². The normalized spacial score (nSPS) is 21.1. The first-order chi connectivity index (χ1) is 15.5. The van der Waals surface area contributed by atoms with Gasteiger partial charge in [0.2, 0.25) is 5.91 Å². The van der Waals surface area contributed by atoms with Gasteiger partial charge in [0.25, 0.3) is 5.91 Å². The largest absolute Gasteiger partial charge is 0.497 e.